The maximum absolute atomic E-state index is 13.0. The van der Waals surface area contributed by atoms with E-state index in [-0.39, 0.29) is 5.91 Å². The topological polar surface area (TPSA) is 86.4 Å². The van der Waals surface area contributed by atoms with E-state index in [1.54, 1.807) is 16.9 Å². The van der Waals surface area contributed by atoms with Crippen LogP contribution in [-0.2, 0) is 4.74 Å². The van der Waals surface area contributed by atoms with E-state index in [4.69, 9.17) is 4.74 Å². The lowest BCUT2D eigenvalue weighted by molar-refractivity contribution is 0.0115. The number of rotatable bonds is 5. The van der Waals surface area contributed by atoms with Crippen molar-refractivity contribution < 1.29 is 9.53 Å². The summed E-state index contributed by atoms with van der Waals surface area (Å²) in [6.45, 7) is 9.40. The summed E-state index contributed by atoms with van der Waals surface area (Å²) < 4.78 is 7.25. The molecule has 2 aromatic carbocycles. The van der Waals surface area contributed by atoms with E-state index < -0.39 is 0 Å². The molecule has 0 radical (unpaired) electrons. The average Bonchev–Trinajstić information content (AvgIpc) is 3.31. The van der Waals surface area contributed by atoms with Crippen LogP contribution in [0.25, 0.3) is 5.69 Å². The molecule has 8 nitrogen and oxygen atoms in total. The van der Waals surface area contributed by atoms with Crippen molar-refractivity contribution >= 4 is 17.3 Å². The van der Waals surface area contributed by atoms with Gasteiger partial charge in [-0.25, -0.2) is 4.68 Å². The number of anilines is 2. The summed E-state index contributed by atoms with van der Waals surface area (Å²) in [5.74, 6) is -0.242. The Morgan fingerprint density at radius 3 is 2.47 bits per heavy atom. The Morgan fingerprint density at radius 2 is 1.78 bits per heavy atom. The van der Waals surface area contributed by atoms with Crippen LogP contribution in [-0.4, -0.2) is 66.0 Å². The number of morpholine rings is 1. The lowest BCUT2D eigenvalue weighted by Crippen LogP contribution is -2.49. The third-order valence-corrected chi connectivity index (χ3v) is 7.28. The van der Waals surface area contributed by atoms with Gasteiger partial charge in [0.1, 0.15) is 6.07 Å². The molecule has 2 fully saturated rings. The third-order valence-electron chi connectivity index (χ3n) is 7.28. The number of aromatic nitrogens is 2. The summed E-state index contributed by atoms with van der Waals surface area (Å²) in [5, 5.41) is 17.2. The molecule has 3 aromatic rings. The Labute approximate surface area is 212 Å². The highest BCUT2D eigenvalue weighted by atomic mass is 16.5. The second-order valence-corrected chi connectivity index (χ2v) is 9.56. The Hall–Kier alpha value is -3.67. The molecule has 2 saturated heterocycles. The lowest BCUT2D eigenvalue weighted by atomic mass is 10.0. The maximum atomic E-state index is 13.0. The minimum Gasteiger partial charge on any atom is -0.379 e. The number of piperidine rings is 1. The maximum Gasteiger partial charge on any atom is 0.259 e. The number of nitriles is 1. The Bertz CT molecular complexity index is 1260. The van der Waals surface area contributed by atoms with Crippen molar-refractivity contribution in [3.63, 3.8) is 0 Å². The summed E-state index contributed by atoms with van der Waals surface area (Å²) >= 11 is 0. The first-order chi connectivity index (χ1) is 17.5. The van der Waals surface area contributed by atoms with Crippen LogP contribution in [0, 0.1) is 25.2 Å². The summed E-state index contributed by atoms with van der Waals surface area (Å²) in [4.78, 5) is 17.9. The number of aryl methyl sites for hydroxylation is 1. The first-order valence-corrected chi connectivity index (χ1v) is 12.6. The smallest absolute Gasteiger partial charge is 0.259 e. The molecule has 2 aliphatic rings. The molecule has 8 heteroatoms. The predicted molar refractivity (Wildman–Crippen MR) is 140 cm³/mol. The number of amides is 1. The molecular formula is C28H32N6O2. The monoisotopic (exact) mass is 484 g/mol. The molecule has 1 N–H and O–H groups in total. The van der Waals surface area contributed by atoms with Crippen molar-refractivity contribution in [3.8, 4) is 11.8 Å². The van der Waals surface area contributed by atoms with Crippen molar-refractivity contribution in [2.75, 3.05) is 49.6 Å². The van der Waals surface area contributed by atoms with E-state index in [1.165, 1.54) is 5.56 Å². The van der Waals surface area contributed by atoms with E-state index in [0.29, 0.717) is 22.9 Å². The predicted octanol–water partition coefficient (Wildman–Crippen LogP) is 3.91. The number of hydrogen-bond acceptors (Lipinski definition) is 6. The van der Waals surface area contributed by atoms with Gasteiger partial charge in [-0.15, -0.1) is 0 Å². The molecule has 5 rings (SSSR count). The SMILES string of the molecule is Cc1ccc(-n2ncc(C(=O)Nc3ccc(N4CCC(N5CCOCC5)CC4)c(C#N)c3)c2C)cc1. The molecule has 0 bridgehead atoms. The van der Waals surface area contributed by atoms with E-state index in [1.807, 2.05) is 50.2 Å². The van der Waals surface area contributed by atoms with Gasteiger partial charge in [-0.05, 0) is 57.0 Å². The van der Waals surface area contributed by atoms with Crippen LogP contribution in [0.4, 0.5) is 11.4 Å². The van der Waals surface area contributed by atoms with Gasteiger partial charge >= 0.3 is 0 Å². The first kappa shape index (κ1) is 24.0. The zero-order valence-electron chi connectivity index (χ0n) is 20.9. The molecule has 2 aliphatic heterocycles. The molecule has 0 atom stereocenters. The van der Waals surface area contributed by atoms with Crippen molar-refractivity contribution in [1.82, 2.24) is 14.7 Å². The minimum absolute atomic E-state index is 0.242. The van der Waals surface area contributed by atoms with Crippen LogP contribution in [0.15, 0.2) is 48.7 Å². The highest BCUT2D eigenvalue weighted by Gasteiger charge is 2.27. The van der Waals surface area contributed by atoms with Gasteiger partial charge in [0.15, 0.2) is 0 Å². The Kier molecular flexibility index (Phi) is 7.03. The summed E-state index contributed by atoms with van der Waals surface area (Å²) in [5.41, 5.74) is 5.44. The zero-order valence-corrected chi connectivity index (χ0v) is 20.9. The minimum atomic E-state index is -0.242. The molecule has 0 aliphatic carbocycles. The van der Waals surface area contributed by atoms with E-state index >= 15 is 0 Å². The number of carbonyl (C=O) groups is 1. The normalized spacial score (nSPS) is 17.1. The summed E-state index contributed by atoms with van der Waals surface area (Å²) in [6, 6.07) is 16.5. The zero-order chi connectivity index (χ0) is 25.1. The molecule has 3 heterocycles. The quantitative estimate of drug-likeness (QED) is 0.591. The van der Waals surface area contributed by atoms with Crippen LogP contribution < -0.4 is 10.2 Å². The number of benzene rings is 2. The average molecular weight is 485 g/mol. The molecule has 0 spiro atoms. The summed E-state index contributed by atoms with van der Waals surface area (Å²) in [7, 11) is 0. The van der Waals surface area contributed by atoms with Gasteiger partial charge in [0.25, 0.3) is 5.91 Å². The van der Waals surface area contributed by atoms with E-state index in [2.05, 4.69) is 26.3 Å². The second kappa shape index (κ2) is 10.5. The molecule has 0 unspecified atom stereocenters. The van der Waals surface area contributed by atoms with Crippen molar-refractivity contribution in [2.24, 2.45) is 0 Å². The van der Waals surface area contributed by atoms with Gasteiger partial charge in [0, 0.05) is 37.9 Å². The third kappa shape index (κ3) is 4.99. The van der Waals surface area contributed by atoms with Crippen molar-refractivity contribution in [3.05, 3.63) is 71.0 Å². The molecular weight excluding hydrogens is 452 g/mol. The summed E-state index contributed by atoms with van der Waals surface area (Å²) in [6.07, 6.45) is 3.74. The van der Waals surface area contributed by atoms with Crippen LogP contribution >= 0.6 is 0 Å². The van der Waals surface area contributed by atoms with Crippen LogP contribution in [0.3, 0.4) is 0 Å². The van der Waals surface area contributed by atoms with Gasteiger partial charge in [0.2, 0.25) is 0 Å². The highest BCUT2D eigenvalue weighted by molar-refractivity contribution is 6.05. The molecule has 1 amide bonds. The number of nitrogens with one attached hydrogen (secondary N) is 1. The largest absolute Gasteiger partial charge is 0.379 e. The second-order valence-electron chi connectivity index (χ2n) is 9.56. The molecule has 1 aromatic heterocycles. The fraction of sp³-hybridized carbons (Fsp3) is 0.393. The fourth-order valence-electron chi connectivity index (χ4n) is 5.17. The number of hydrogen-bond donors (Lipinski definition) is 1. The van der Waals surface area contributed by atoms with Gasteiger partial charge in [-0.2, -0.15) is 10.4 Å². The molecule has 0 saturated carbocycles. The van der Waals surface area contributed by atoms with Gasteiger partial charge in [0.05, 0.1) is 47.6 Å². The number of ether oxygens (including phenoxy) is 1. The lowest BCUT2D eigenvalue weighted by Gasteiger charge is -2.41. The highest BCUT2D eigenvalue weighted by Crippen LogP contribution is 2.28. The van der Waals surface area contributed by atoms with Gasteiger partial charge in [-0.3, -0.25) is 9.69 Å². The van der Waals surface area contributed by atoms with E-state index in [9.17, 15) is 10.1 Å². The Balaban J connectivity index is 1.26. The molecule has 36 heavy (non-hydrogen) atoms. The fourth-order valence-corrected chi connectivity index (χ4v) is 5.17. The van der Waals surface area contributed by atoms with Crippen molar-refractivity contribution in [2.45, 2.75) is 32.7 Å². The standard InChI is InChI=1S/C28H32N6O2/c1-20-3-6-25(7-4-20)34-21(2)26(19-30-34)28(35)31-23-5-8-27(22(17-23)18-29)33-11-9-24(10-12-33)32-13-15-36-16-14-32/h3-8,17,19,24H,9-16H2,1-2H3,(H,31,35). The van der Waals surface area contributed by atoms with Crippen LogP contribution in [0.2, 0.25) is 0 Å². The van der Waals surface area contributed by atoms with Gasteiger partial charge in [-0.1, -0.05) is 17.7 Å². The number of nitrogens with zero attached hydrogens (tertiary/aromatic N) is 5. The van der Waals surface area contributed by atoms with Crippen molar-refractivity contribution in [1.29, 1.82) is 5.26 Å². The van der Waals surface area contributed by atoms with E-state index in [0.717, 1.165) is 69.3 Å². The van der Waals surface area contributed by atoms with Crippen LogP contribution in [0.5, 0.6) is 0 Å². The Morgan fingerprint density at radius 1 is 1.06 bits per heavy atom. The first-order valence-electron chi connectivity index (χ1n) is 12.6. The molecule has 186 valence electrons. The van der Waals surface area contributed by atoms with Gasteiger partial charge < -0.3 is 15.0 Å². The van der Waals surface area contributed by atoms with Crippen LogP contribution in [0.1, 0.15) is 40.0 Å². The number of carbonyl (C=O) groups excluding carboxylic acids is 1.